The van der Waals surface area contributed by atoms with Crippen molar-refractivity contribution in [2.24, 2.45) is 5.92 Å². The maximum absolute atomic E-state index is 5.52. The Bertz CT molecular complexity index is 427. The third-order valence-electron chi connectivity index (χ3n) is 3.97. The van der Waals surface area contributed by atoms with Gasteiger partial charge in [-0.2, -0.15) is 0 Å². The van der Waals surface area contributed by atoms with Crippen molar-refractivity contribution in [2.45, 2.75) is 19.4 Å². The van der Waals surface area contributed by atoms with E-state index in [0.717, 1.165) is 37.1 Å². The number of methoxy groups -OCH3 is 2. The van der Waals surface area contributed by atoms with Gasteiger partial charge in [-0.05, 0) is 45.0 Å². The number of piperidine rings is 1. The van der Waals surface area contributed by atoms with Gasteiger partial charge in [0.05, 0.1) is 14.2 Å². The molecular weight excluding hydrogens is 288 g/mol. The number of ether oxygens (including phenoxy) is 2. The van der Waals surface area contributed by atoms with Crippen LogP contribution in [0.2, 0.25) is 0 Å². The van der Waals surface area contributed by atoms with E-state index in [1.165, 1.54) is 24.9 Å². The average Bonchev–Trinajstić information content (AvgIpc) is 2.47. The molecule has 1 aliphatic rings. The molecular formula is C16H27ClN2O2. The van der Waals surface area contributed by atoms with Crippen LogP contribution >= 0.6 is 12.4 Å². The standard InChI is InChI=1S/C16H26N2O2.ClH/c1-17-10-13-6-5-9-18(11-13)12-14-7-4-8-15(19-2)16(14)20-3;/h4,7-8,13,17H,5-6,9-12H2,1-3H3;1H. The molecule has 0 spiro atoms. The predicted molar refractivity (Wildman–Crippen MR) is 88.7 cm³/mol. The fourth-order valence-corrected chi connectivity index (χ4v) is 3.07. The van der Waals surface area contributed by atoms with Gasteiger partial charge in [0.2, 0.25) is 0 Å². The third-order valence-corrected chi connectivity index (χ3v) is 3.97. The van der Waals surface area contributed by atoms with Crippen molar-refractivity contribution in [3.8, 4) is 11.5 Å². The first kappa shape index (κ1) is 18.1. The van der Waals surface area contributed by atoms with Crippen LogP contribution in [0.4, 0.5) is 0 Å². The first-order valence-corrected chi connectivity index (χ1v) is 7.35. The van der Waals surface area contributed by atoms with E-state index in [-0.39, 0.29) is 12.4 Å². The Kier molecular flexibility index (Phi) is 7.86. The largest absolute Gasteiger partial charge is 0.493 e. The molecule has 1 unspecified atom stereocenters. The highest BCUT2D eigenvalue weighted by Crippen LogP contribution is 2.32. The first-order valence-electron chi connectivity index (χ1n) is 7.35. The molecule has 0 amide bonds. The molecule has 1 heterocycles. The van der Waals surface area contributed by atoms with Crippen molar-refractivity contribution in [1.29, 1.82) is 0 Å². The van der Waals surface area contributed by atoms with Gasteiger partial charge < -0.3 is 14.8 Å². The summed E-state index contributed by atoms with van der Waals surface area (Å²) in [6.45, 7) is 4.36. The molecule has 0 bridgehead atoms. The molecule has 0 radical (unpaired) electrons. The Labute approximate surface area is 134 Å². The van der Waals surface area contributed by atoms with Gasteiger partial charge in [-0.1, -0.05) is 12.1 Å². The Hall–Kier alpha value is -0.970. The SMILES string of the molecule is CNCC1CCCN(Cc2cccc(OC)c2OC)C1.Cl. The van der Waals surface area contributed by atoms with Crippen LogP contribution in [0.1, 0.15) is 18.4 Å². The van der Waals surface area contributed by atoms with Crippen molar-refractivity contribution in [3.63, 3.8) is 0 Å². The Morgan fingerprint density at radius 2 is 2.10 bits per heavy atom. The molecule has 21 heavy (non-hydrogen) atoms. The number of rotatable bonds is 6. The number of likely N-dealkylation sites (tertiary alicyclic amines) is 1. The van der Waals surface area contributed by atoms with Crippen LogP contribution in [0.15, 0.2) is 18.2 Å². The normalized spacial score (nSPS) is 18.9. The molecule has 1 saturated heterocycles. The number of para-hydroxylation sites is 1. The summed E-state index contributed by atoms with van der Waals surface area (Å²) in [6.07, 6.45) is 2.60. The number of hydrogen-bond acceptors (Lipinski definition) is 4. The lowest BCUT2D eigenvalue weighted by Crippen LogP contribution is -2.38. The molecule has 1 N–H and O–H groups in total. The Morgan fingerprint density at radius 1 is 1.29 bits per heavy atom. The Morgan fingerprint density at radius 3 is 2.76 bits per heavy atom. The van der Waals surface area contributed by atoms with Crippen LogP contribution in [-0.4, -0.2) is 45.8 Å². The fourth-order valence-electron chi connectivity index (χ4n) is 3.07. The third kappa shape index (κ3) is 4.77. The summed E-state index contributed by atoms with van der Waals surface area (Å²) < 4.78 is 10.9. The number of halogens is 1. The number of nitrogens with one attached hydrogen (secondary N) is 1. The van der Waals surface area contributed by atoms with Gasteiger partial charge in [0, 0.05) is 18.7 Å². The van der Waals surface area contributed by atoms with E-state index in [2.05, 4.69) is 16.3 Å². The summed E-state index contributed by atoms with van der Waals surface area (Å²) in [6, 6.07) is 6.11. The van der Waals surface area contributed by atoms with Crippen LogP contribution in [0.25, 0.3) is 0 Å². The summed E-state index contributed by atoms with van der Waals surface area (Å²) in [5.41, 5.74) is 1.21. The van der Waals surface area contributed by atoms with E-state index in [1.807, 2.05) is 19.2 Å². The summed E-state index contributed by atoms with van der Waals surface area (Å²) in [5.74, 6) is 2.44. The van der Waals surface area contributed by atoms with E-state index in [4.69, 9.17) is 9.47 Å². The molecule has 4 nitrogen and oxygen atoms in total. The lowest BCUT2D eigenvalue weighted by Gasteiger charge is -2.33. The number of benzene rings is 1. The van der Waals surface area contributed by atoms with Crippen molar-refractivity contribution in [3.05, 3.63) is 23.8 Å². The van der Waals surface area contributed by atoms with Gasteiger partial charge >= 0.3 is 0 Å². The molecule has 0 aromatic heterocycles. The first-order chi connectivity index (χ1) is 9.78. The summed E-state index contributed by atoms with van der Waals surface area (Å²) in [5, 5.41) is 3.29. The smallest absolute Gasteiger partial charge is 0.165 e. The molecule has 2 rings (SSSR count). The van der Waals surface area contributed by atoms with Gasteiger partial charge in [-0.25, -0.2) is 0 Å². The minimum atomic E-state index is 0. The quantitative estimate of drug-likeness (QED) is 0.875. The molecule has 1 aromatic rings. The summed E-state index contributed by atoms with van der Waals surface area (Å²) in [7, 11) is 5.43. The zero-order valence-corrected chi connectivity index (χ0v) is 14.0. The van der Waals surface area contributed by atoms with Gasteiger partial charge in [0.1, 0.15) is 0 Å². The van der Waals surface area contributed by atoms with Crippen LogP contribution in [-0.2, 0) is 6.54 Å². The van der Waals surface area contributed by atoms with E-state index in [9.17, 15) is 0 Å². The lowest BCUT2D eigenvalue weighted by atomic mass is 9.97. The van der Waals surface area contributed by atoms with Crippen molar-refractivity contribution < 1.29 is 9.47 Å². The highest BCUT2D eigenvalue weighted by molar-refractivity contribution is 5.85. The second kappa shape index (κ2) is 9.13. The molecule has 1 fully saturated rings. The average molecular weight is 315 g/mol. The van der Waals surface area contributed by atoms with Gasteiger partial charge in [0.25, 0.3) is 0 Å². The van der Waals surface area contributed by atoms with Gasteiger partial charge in [-0.3, -0.25) is 4.90 Å². The second-order valence-corrected chi connectivity index (χ2v) is 5.45. The van der Waals surface area contributed by atoms with Gasteiger partial charge in [0.15, 0.2) is 11.5 Å². The molecule has 120 valence electrons. The monoisotopic (exact) mass is 314 g/mol. The minimum absolute atomic E-state index is 0. The van der Waals surface area contributed by atoms with Crippen molar-refractivity contribution >= 4 is 12.4 Å². The molecule has 0 aliphatic carbocycles. The van der Waals surface area contributed by atoms with Crippen LogP contribution in [0.3, 0.4) is 0 Å². The van der Waals surface area contributed by atoms with E-state index in [1.54, 1.807) is 14.2 Å². The number of hydrogen-bond donors (Lipinski definition) is 1. The zero-order chi connectivity index (χ0) is 14.4. The molecule has 0 saturated carbocycles. The topological polar surface area (TPSA) is 33.7 Å². The molecule has 5 heteroatoms. The molecule has 1 atom stereocenters. The van der Waals surface area contributed by atoms with E-state index in [0.29, 0.717) is 0 Å². The minimum Gasteiger partial charge on any atom is -0.493 e. The van der Waals surface area contributed by atoms with Gasteiger partial charge in [-0.15, -0.1) is 12.4 Å². The number of nitrogens with zero attached hydrogens (tertiary/aromatic N) is 1. The highest BCUT2D eigenvalue weighted by atomic mass is 35.5. The zero-order valence-electron chi connectivity index (χ0n) is 13.2. The Balaban J connectivity index is 0.00000220. The maximum atomic E-state index is 5.52. The van der Waals surface area contributed by atoms with Crippen molar-refractivity contribution in [1.82, 2.24) is 10.2 Å². The highest BCUT2D eigenvalue weighted by Gasteiger charge is 2.21. The van der Waals surface area contributed by atoms with Crippen LogP contribution in [0, 0.1) is 5.92 Å². The fraction of sp³-hybridized carbons (Fsp3) is 0.625. The summed E-state index contributed by atoms with van der Waals surface area (Å²) in [4.78, 5) is 2.52. The van der Waals surface area contributed by atoms with E-state index < -0.39 is 0 Å². The predicted octanol–water partition coefficient (Wildman–Crippen LogP) is 2.56. The second-order valence-electron chi connectivity index (χ2n) is 5.45. The van der Waals surface area contributed by atoms with Crippen molar-refractivity contribution in [2.75, 3.05) is 40.9 Å². The molecule has 1 aromatic carbocycles. The van der Waals surface area contributed by atoms with Crippen LogP contribution in [0.5, 0.6) is 11.5 Å². The maximum Gasteiger partial charge on any atom is 0.165 e. The lowest BCUT2D eigenvalue weighted by molar-refractivity contribution is 0.165. The van der Waals surface area contributed by atoms with Crippen LogP contribution < -0.4 is 14.8 Å². The molecule has 1 aliphatic heterocycles. The summed E-state index contributed by atoms with van der Waals surface area (Å²) >= 11 is 0. The van der Waals surface area contributed by atoms with E-state index >= 15 is 0 Å².